The maximum atomic E-state index is 3.95. The van der Waals surface area contributed by atoms with E-state index in [2.05, 4.69) is 38.5 Å². The van der Waals surface area contributed by atoms with Crippen LogP contribution in [0.3, 0.4) is 0 Å². The van der Waals surface area contributed by atoms with Crippen molar-refractivity contribution in [1.82, 2.24) is 0 Å². The zero-order chi connectivity index (χ0) is 11.8. The predicted molar refractivity (Wildman–Crippen MR) is 85.8 cm³/mol. The Bertz CT molecular complexity index is 323. The lowest BCUT2D eigenvalue weighted by atomic mass is 9.80. The Morgan fingerprint density at radius 1 is 0.882 bits per heavy atom. The van der Waals surface area contributed by atoms with E-state index in [0.717, 1.165) is 22.6 Å². The molecule has 3 aliphatic carbocycles. The van der Waals surface area contributed by atoms with Crippen LogP contribution in [0.4, 0.5) is 0 Å². The van der Waals surface area contributed by atoms with E-state index >= 15 is 0 Å². The summed E-state index contributed by atoms with van der Waals surface area (Å²) in [5.41, 5.74) is 1.86. The maximum Gasteiger partial charge on any atom is 0.0211 e. The molecule has 2 heteroatoms. The quantitative estimate of drug-likeness (QED) is 0.377. The number of hydrogen-bond donors (Lipinski definition) is 0. The molecule has 3 rings (SSSR count). The summed E-state index contributed by atoms with van der Waals surface area (Å²) in [6.07, 6.45) is 13.1. The molecule has 2 fully saturated rings. The Hall–Kier alpha value is 0.950. The van der Waals surface area contributed by atoms with E-state index in [1.54, 1.807) is 3.58 Å². The molecule has 96 valence electrons. The van der Waals surface area contributed by atoms with E-state index in [1.165, 1.54) is 57.8 Å². The Labute approximate surface area is 127 Å². The molecule has 2 saturated carbocycles. The van der Waals surface area contributed by atoms with Crippen LogP contribution in [0.25, 0.3) is 0 Å². The van der Waals surface area contributed by atoms with Crippen molar-refractivity contribution < 1.29 is 0 Å². The van der Waals surface area contributed by atoms with Crippen LogP contribution in [0, 0.1) is 17.8 Å². The van der Waals surface area contributed by atoms with Crippen molar-refractivity contribution in [2.24, 2.45) is 17.8 Å². The zero-order valence-corrected chi connectivity index (χ0v) is 14.2. The summed E-state index contributed by atoms with van der Waals surface area (Å²) < 4.78 is 1.78. The van der Waals surface area contributed by atoms with Crippen LogP contribution >= 0.6 is 38.5 Å². The van der Waals surface area contributed by atoms with E-state index in [-0.39, 0.29) is 0 Å². The summed E-state index contributed by atoms with van der Waals surface area (Å²) >= 11 is 6.65. The second-order valence-electron chi connectivity index (χ2n) is 6.14. The minimum Gasteiger partial charge on any atom is -0.0884 e. The third-order valence-electron chi connectivity index (χ3n) is 5.15. The van der Waals surface area contributed by atoms with Gasteiger partial charge in [0.1, 0.15) is 0 Å². The average Bonchev–Trinajstić information content (AvgIpc) is 2.68. The van der Waals surface area contributed by atoms with Crippen LogP contribution in [-0.4, -0.2) is 4.83 Å². The Morgan fingerprint density at radius 2 is 1.53 bits per heavy atom. The molecule has 0 aromatic heterocycles. The molecule has 17 heavy (non-hydrogen) atoms. The van der Waals surface area contributed by atoms with Crippen LogP contribution < -0.4 is 0 Å². The van der Waals surface area contributed by atoms with Gasteiger partial charge < -0.3 is 0 Å². The molecule has 0 amide bonds. The molecule has 0 aromatic carbocycles. The Morgan fingerprint density at radius 3 is 2.24 bits per heavy atom. The number of fused-ring (bicyclic) bond motifs is 1. The molecule has 0 spiro atoms. The molecule has 4 unspecified atom stereocenters. The molecular formula is C15H22BrI. The first-order chi connectivity index (χ1) is 8.27. The smallest absolute Gasteiger partial charge is 0.0211 e. The fraction of sp³-hybridized carbons (Fsp3) is 0.867. The SMILES string of the molecule is BrC1CCCCC1C1=C(I)C2CCCCC2C1. The molecule has 0 bridgehead atoms. The van der Waals surface area contributed by atoms with Crippen molar-refractivity contribution in [3.63, 3.8) is 0 Å². The van der Waals surface area contributed by atoms with Crippen molar-refractivity contribution in [2.45, 2.75) is 62.6 Å². The van der Waals surface area contributed by atoms with Crippen molar-refractivity contribution >= 4 is 38.5 Å². The van der Waals surface area contributed by atoms with Gasteiger partial charge >= 0.3 is 0 Å². The number of hydrogen-bond acceptors (Lipinski definition) is 0. The monoisotopic (exact) mass is 408 g/mol. The van der Waals surface area contributed by atoms with Crippen LogP contribution in [0.15, 0.2) is 9.15 Å². The van der Waals surface area contributed by atoms with E-state index in [4.69, 9.17) is 0 Å². The van der Waals surface area contributed by atoms with Gasteiger partial charge in [-0.05, 0) is 76.0 Å². The minimum absolute atomic E-state index is 0.774. The maximum absolute atomic E-state index is 3.95. The van der Waals surface area contributed by atoms with Gasteiger partial charge in [0.05, 0.1) is 0 Å². The normalized spacial score (nSPS) is 42.7. The average molecular weight is 409 g/mol. The Balaban J connectivity index is 1.79. The first-order valence-electron chi connectivity index (χ1n) is 7.30. The second kappa shape index (κ2) is 5.52. The molecule has 0 saturated heterocycles. The molecule has 0 radical (unpaired) electrons. The molecule has 0 heterocycles. The Kier molecular flexibility index (Phi) is 4.21. The van der Waals surface area contributed by atoms with Gasteiger partial charge in [0.2, 0.25) is 0 Å². The number of allylic oxidation sites excluding steroid dienone is 2. The first-order valence-corrected chi connectivity index (χ1v) is 9.29. The van der Waals surface area contributed by atoms with Gasteiger partial charge in [-0.2, -0.15) is 0 Å². The highest BCUT2D eigenvalue weighted by Crippen LogP contribution is 2.52. The first kappa shape index (κ1) is 13.0. The van der Waals surface area contributed by atoms with Gasteiger partial charge in [0.25, 0.3) is 0 Å². The summed E-state index contributed by atoms with van der Waals surface area (Å²) in [6, 6.07) is 0. The predicted octanol–water partition coefficient (Wildman–Crippen LogP) is 5.84. The van der Waals surface area contributed by atoms with Crippen LogP contribution in [0.2, 0.25) is 0 Å². The number of halogens is 2. The minimum atomic E-state index is 0.774. The van der Waals surface area contributed by atoms with Gasteiger partial charge in [-0.25, -0.2) is 0 Å². The summed E-state index contributed by atoms with van der Waals surface area (Å²) in [7, 11) is 0. The molecule has 0 aliphatic heterocycles. The summed E-state index contributed by atoms with van der Waals surface area (Å²) in [4.78, 5) is 0.774. The highest BCUT2D eigenvalue weighted by Gasteiger charge is 2.39. The van der Waals surface area contributed by atoms with Crippen molar-refractivity contribution in [3.8, 4) is 0 Å². The van der Waals surface area contributed by atoms with Crippen molar-refractivity contribution in [2.75, 3.05) is 0 Å². The van der Waals surface area contributed by atoms with Gasteiger partial charge in [-0.15, -0.1) is 0 Å². The number of rotatable bonds is 1. The van der Waals surface area contributed by atoms with Gasteiger partial charge in [0, 0.05) is 4.83 Å². The molecule has 0 aromatic rings. The van der Waals surface area contributed by atoms with Gasteiger partial charge in [0.15, 0.2) is 0 Å². The number of alkyl halides is 1. The van der Waals surface area contributed by atoms with Crippen LogP contribution in [0.5, 0.6) is 0 Å². The van der Waals surface area contributed by atoms with Gasteiger partial charge in [-0.3, -0.25) is 0 Å². The van der Waals surface area contributed by atoms with E-state index < -0.39 is 0 Å². The largest absolute Gasteiger partial charge is 0.0884 e. The highest BCUT2D eigenvalue weighted by molar-refractivity contribution is 14.1. The fourth-order valence-electron chi connectivity index (χ4n) is 4.21. The fourth-order valence-corrected chi connectivity index (χ4v) is 6.56. The molecule has 0 N–H and O–H groups in total. The topological polar surface area (TPSA) is 0 Å². The van der Waals surface area contributed by atoms with E-state index in [1.807, 2.05) is 5.57 Å². The van der Waals surface area contributed by atoms with E-state index in [9.17, 15) is 0 Å². The van der Waals surface area contributed by atoms with Crippen LogP contribution in [0.1, 0.15) is 57.8 Å². The molecule has 0 nitrogen and oxygen atoms in total. The van der Waals surface area contributed by atoms with Crippen molar-refractivity contribution in [1.29, 1.82) is 0 Å². The third kappa shape index (κ3) is 2.50. The van der Waals surface area contributed by atoms with E-state index in [0.29, 0.717) is 0 Å². The lowest BCUT2D eigenvalue weighted by Gasteiger charge is -2.29. The van der Waals surface area contributed by atoms with Gasteiger partial charge in [-0.1, -0.05) is 47.2 Å². The highest BCUT2D eigenvalue weighted by atomic mass is 127. The third-order valence-corrected chi connectivity index (χ3v) is 7.74. The lowest BCUT2D eigenvalue weighted by molar-refractivity contribution is 0.297. The summed E-state index contributed by atoms with van der Waals surface area (Å²) in [6.45, 7) is 0. The molecular weight excluding hydrogens is 387 g/mol. The van der Waals surface area contributed by atoms with Crippen LogP contribution in [-0.2, 0) is 0 Å². The zero-order valence-electron chi connectivity index (χ0n) is 10.4. The van der Waals surface area contributed by atoms with Crippen molar-refractivity contribution in [3.05, 3.63) is 9.15 Å². The summed E-state index contributed by atoms with van der Waals surface area (Å²) in [5.74, 6) is 2.86. The standard InChI is InChI=1S/C15H22BrI/c16-14-8-4-3-7-12(14)13-9-10-5-1-2-6-11(10)15(13)17/h10-12,14H,1-9H2. The molecule has 3 aliphatic rings. The lowest BCUT2D eigenvalue weighted by Crippen LogP contribution is -2.21. The molecule has 4 atom stereocenters. The summed E-state index contributed by atoms with van der Waals surface area (Å²) in [5, 5.41) is 0. The second-order valence-corrected chi connectivity index (χ2v) is 8.47.